The summed E-state index contributed by atoms with van der Waals surface area (Å²) in [7, 11) is 1.71. The molecule has 3 N–H and O–H groups in total. The zero-order valence-corrected chi connectivity index (χ0v) is 17.7. The molecule has 0 spiro atoms. The molecule has 162 valence electrons. The third-order valence-corrected chi connectivity index (χ3v) is 4.75. The first-order valence-corrected chi connectivity index (χ1v) is 10.1. The molecule has 0 bridgehead atoms. The van der Waals surface area contributed by atoms with Crippen molar-refractivity contribution in [1.82, 2.24) is 20.4 Å². The molecule has 0 aliphatic rings. The summed E-state index contributed by atoms with van der Waals surface area (Å²) in [5, 5.41) is 13.5. The van der Waals surface area contributed by atoms with Crippen LogP contribution in [0.25, 0.3) is 0 Å². The minimum absolute atomic E-state index is 0.137. The fraction of sp³-hybridized carbons (Fsp3) is 0.261. The Morgan fingerprint density at radius 3 is 2.77 bits per heavy atom. The van der Waals surface area contributed by atoms with Crippen molar-refractivity contribution >= 4 is 17.6 Å². The Kier molecular flexibility index (Phi) is 7.75. The first-order chi connectivity index (χ1) is 15.0. The second-order valence-corrected chi connectivity index (χ2v) is 7.13. The molecular formula is C23H27FN6O. The molecule has 1 amide bonds. The van der Waals surface area contributed by atoms with Crippen molar-refractivity contribution in [3.8, 4) is 0 Å². The molecule has 0 aliphatic carbocycles. The van der Waals surface area contributed by atoms with Gasteiger partial charge in [-0.25, -0.2) is 4.39 Å². The van der Waals surface area contributed by atoms with E-state index in [2.05, 4.69) is 26.0 Å². The topological polar surface area (TPSA) is 83.3 Å². The number of anilines is 1. The van der Waals surface area contributed by atoms with Gasteiger partial charge in [0.05, 0.1) is 0 Å². The van der Waals surface area contributed by atoms with Gasteiger partial charge in [0, 0.05) is 38.2 Å². The third-order valence-electron chi connectivity index (χ3n) is 4.75. The molecule has 0 fully saturated rings. The third kappa shape index (κ3) is 6.95. The molecule has 2 aromatic carbocycles. The van der Waals surface area contributed by atoms with Crippen LogP contribution in [0.5, 0.6) is 0 Å². The maximum Gasteiger partial charge on any atom is 0.246 e. The predicted octanol–water partition coefficient (Wildman–Crippen LogP) is 2.88. The van der Waals surface area contributed by atoms with Crippen LogP contribution in [-0.4, -0.2) is 35.2 Å². The maximum absolute atomic E-state index is 13.2. The van der Waals surface area contributed by atoms with E-state index in [1.807, 2.05) is 37.3 Å². The highest BCUT2D eigenvalue weighted by atomic mass is 19.1. The van der Waals surface area contributed by atoms with Gasteiger partial charge in [-0.1, -0.05) is 18.2 Å². The minimum Gasteiger partial charge on any atom is -0.356 e. The normalized spacial score (nSPS) is 11.3. The summed E-state index contributed by atoms with van der Waals surface area (Å²) >= 11 is 0. The lowest BCUT2D eigenvalue weighted by atomic mass is 10.1. The van der Waals surface area contributed by atoms with E-state index in [0.29, 0.717) is 19.0 Å². The fourth-order valence-electron chi connectivity index (χ4n) is 3.16. The van der Waals surface area contributed by atoms with Crippen LogP contribution in [0.15, 0.2) is 65.9 Å². The van der Waals surface area contributed by atoms with Crippen molar-refractivity contribution < 1.29 is 9.18 Å². The highest BCUT2D eigenvalue weighted by molar-refractivity contribution is 5.90. The molecule has 1 heterocycles. The average molecular weight is 423 g/mol. The van der Waals surface area contributed by atoms with Crippen LogP contribution in [0, 0.1) is 12.7 Å². The van der Waals surface area contributed by atoms with Crippen molar-refractivity contribution in [2.24, 2.45) is 4.99 Å². The summed E-state index contributed by atoms with van der Waals surface area (Å²) in [5.74, 6) is 0.321. The van der Waals surface area contributed by atoms with Gasteiger partial charge in [0.25, 0.3) is 0 Å². The van der Waals surface area contributed by atoms with Gasteiger partial charge in [-0.05, 0) is 60.4 Å². The molecule has 31 heavy (non-hydrogen) atoms. The molecule has 7 nitrogen and oxygen atoms in total. The lowest BCUT2D eigenvalue weighted by molar-refractivity contribution is -0.116. The second-order valence-electron chi connectivity index (χ2n) is 7.13. The van der Waals surface area contributed by atoms with Crippen LogP contribution in [0.1, 0.15) is 16.7 Å². The van der Waals surface area contributed by atoms with E-state index in [-0.39, 0.29) is 18.3 Å². The van der Waals surface area contributed by atoms with Gasteiger partial charge in [0.1, 0.15) is 12.4 Å². The molecule has 0 radical (unpaired) electrons. The molecule has 3 rings (SSSR count). The summed E-state index contributed by atoms with van der Waals surface area (Å²) in [6.45, 7) is 3.31. The number of hydrogen-bond acceptors (Lipinski definition) is 3. The van der Waals surface area contributed by atoms with Crippen LogP contribution < -0.4 is 16.0 Å². The second kappa shape index (κ2) is 10.9. The van der Waals surface area contributed by atoms with E-state index in [0.717, 1.165) is 28.8 Å². The van der Waals surface area contributed by atoms with Gasteiger partial charge >= 0.3 is 0 Å². The summed E-state index contributed by atoms with van der Waals surface area (Å²) in [5.41, 5.74) is 3.78. The van der Waals surface area contributed by atoms with E-state index < -0.39 is 0 Å². The Hall–Kier alpha value is -3.68. The Labute approximate surface area is 181 Å². The van der Waals surface area contributed by atoms with Crippen LogP contribution >= 0.6 is 0 Å². The van der Waals surface area contributed by atoms with E-state index in [1.54, 1.807) is 36.3 Å². The number of aliphatic imine (C=N–C) groups is 1. The van der Waals surface area contributed by atoms with Crippen LogP contribution in [-0.2, 0) is 24.3 Å². The number of nitrogens with one attached hydrogen (secondary N) is 3. The van der Waals surface area contributed by atoms with Crippen LogP contribution in [0.3, 0.4) is 0 Å². The lowest BCUT2D eigenvalue weighted by Gasteiger charge is -2.13. The van der Waals surface area contributed by atoms with Gasteiger partial charge in [-0.15, -0.1) is 0 Å². The standard InChI is InChI=1S/C23H27FN6O/c1-17-13-20(24)8-7-19(17)9-11-26-23(25-2)27-15-18-5-3-6-21(14-18)29-22(31)16-30-12-4-10-28-30/h3-8,10,12-14H,9,11,15-16H2,1-2H3,(H,29,31)(H2,25,26,27). The number of aryl methyl sites for hydroxylation is 1. The molecule has 1 aromatic heterocycles. The van der Waals surface area contributed by atoms with Crippen molar-refractivity contribution in [2.75, 3.05) is 18.9 Å². The number of halogens is 1. The average Bonchev–Trinajstić information content (AvgIpc) is 3.25. The fourth-order valence-corrected chi connectivity index (χ4v) is 3.16. The number of rotatable bonds is 8. The van der Waals surface area contributed by atoms with Crippen LogP contribution in [0.4, 0.5) is 10.1 Å². The highest BCUT2D eigenvalue weighted by Gasteiger charge is 2.06. The SMILES string of the molecule is CN=C(NCCc1ccc(F)cc1C)NCc1cccc(NC(=O)Cn2cccn2)c1. The first kappa shape index (κ1) is 22.0. The van der Waals surface area contributed by atoms with Crippen molar-refractivity contribution in [2.45, 2.75) is 26.4 Å². The van der Waals surface area contributed by atoms with E-state index in [1.165, 1.54) is 6.07 Å². The number of guanidine groups is 1. The number of nitrogens with zero attached hydrogens (tertiary/aromatic N) is 3. The van der Waals surface area contributed by atoms with Crippen molar-refractivity contribution in [1.29, 1.82) is 0 Å². The van der Waals surface area contributed by atoms with E-state index in [4.69, 9.17) is 0 Å². The smallest absolute Gasteiger partial charge is 0.246 e. The Morgan fingerprint density at radius 1 is 1.16 bits per heavy atom. The number of benzene rings is 2. The molecule has 0 aliphatic heterocycles. The largest absolute Gasteiger partial charge is 0.356 e. The van der Waals surface area contributed by atoms with E-state index >= 15 is 0 Å². The molecule has 3 aromatic rings. The molecule has 0 atom stereocenters. The zero-order chi connectivity index (χ0) is 22.1. The van der Waals surface area contributed by atoms with Gasteiger partial charge < -0.3 is 16.0 Å². The van der Waals surface area contributed by atoms with Crippen LogP contribution in [0.2, 0.25) is 0 Å². The maximum atomic E-state index is 13.2. The van der Waals surface area contributed by atoms with Gasteiger partial charge in [-0.3, -0.25) is 14.5 Å². The quantitative estimate of drug-likeness (QED) is 0.385. The van der Waals surface area contributed by atoms with Gasteiger partial charge in [-0.2, -0.15) is 5.10 Å². The first-order valence-electron chi connectivity index (χ1n) is 10.1. The van der Waals surface area contributed by atoms with Crippen molar-refractivity contribution in [3.05, 3.63) is 83.4 Å². The number of carbonyl (C=O) groups is 1. The number of carbonyl (C=O) groups excluding carboxylic acids is 1. The summed E-state index contributed by atoms with van der Waals surface area (Å²) < 4.78 is 14.8. The molecule has 8 heteroatoms. The van der Waals surface area contributed by atoms with Gasteiger partial charge in [0.15, 0.2) is 5.96 Å². The number of amides is 1. The predicted molar refractivity (Wildman–Crippen MR) is 120 cm³/mol. The number of hydrogen-bond donors (Lipinski definition) is 3. The van der Waals surface area contributed by atoms with Crippen molar-refractivity contribution in [3.63, 3.8) is 0 Å². The molecular weight excluding hydrogens is 395 g/mol. The Morgan fingerprint density at radius 2 is 2.03 bits per heavy atom. The monoisotopic (exact) mass is 422 g/mol. The zero-order valence-electron chi connectivity index (χ0n) is 17.7. The molecule has 0 saturated heterocycles. The summed E-state index contributed by atoms with van der Waals surface area (Å²) in [6.07, 6.45) is 4.15. The summed E-state index contributed by atoms with van der Waals surface area (Å²) in [6, 6.07) is 14.3. The molecule has 0 unspecified atom stereocenters. The minimum atomic E-state index is -0.216. The van der Waals surface area contributed by atoms with Gasteiger partial charge in [0.2, 0.25) is 5.91 Å². The summed E-state index contributed by atoms with van der Waals surface area (Å²) in [4.78, 5) is 16.4. The highest BCUT2D eigenvalue weighted by Crippen LogP contribution is 2.11. The lowest BCUT2D eigenvalue weighted by Crippen LogP contribution is -2.37. The Bertz CT molecular complexity index is 1030. The molecule has 0 saturated carbocycles. The Balaban J connectivity index is 1.46. The number of aromatic nitrogens is 2. The van der Waals surface area contributed by atoms with E-state index in [9.17, 15) is 9.18 Å².